The lowest BCUT2D eigenvalue weighted by molar-refractivity contribution is 0.223. The Hall–Kier alpha value is -2.74. The first kappa shape index (κ1) is 14.7. The van der Waals surface area contributed by atoms with E-state index in [1.165, 1.54) is 0 Å². The van der Waals surface area contributed by atoms with Gasteiger partial charge >= 0.3 is 0 Å². The topological polar surface area (TPSA) is 67.2 Å². The standard InChI is InChI=1S/C16H17N3O2/c1-12(21-16-6-4-3-5-15(16)20-2)10-18-14-8-7-13(9-17)19-11-14/h3-8,11-12,18H,10H2,1-2H3/t12-/m0/s1. The van der Waals surface area contributed by atoms with Crippen molar-refractivity contribution in [2.24, 2.45) is 0 Å². The fourth-order valence-corrected chi connectivity index (χ4v) is 1.80. The highest BCUT2D eigenvalue weighted by atomic mass is 16.5. The lowest BCUT2D eigenvalue weighted by atomic mass is 10.3. The molecule has 0 radical (unpaired) electrons. The lowest BCUT2D eigenvalue weighted by Crippen LogP contribution is -2.22. The fraction of sp³-hybridized carbons (Fsp3) is 0.250. The van der Waals surface area contributed by atoms with Crippen LogP contribution in [0.3, 0.4) is 0 Å². The van der Waals surface area contributed by atoms with Gasteiger partial charge in [-0.2, -0.15) is 5.26 Å². The van der Waals surface area contributed by atoms with Crippen LogP contribution in [-0.4, -0.2) is 24.7 Å². The highest BCUT2D eigenvalue weighted by Gasteiger charge is 2.08. The Balaban J connectivity index is 1.89. The quantitative estimate of drug-likeness (QED) is 0.883. The molecular formula is C16H17N3O2. The van der Waals surface area contributed by atoms with Gasteiger partial charge in [-0.3, -0.25) is 0 Å². The molecule has 0 unspecified atom stereocenters. The van der Waals surface area contributed by atoms with E-state index in [0.29, 0.717) is 23.7 Å². The molecule has 2 aromatic rings. The van der Waals surface area contributed by atoms with Crippen LogP contribution in [0, 0.1) is 11.3 Å². The second-order valence-corrected chi connectivity index (χ2v) is 4.50. The molecule has 0 fully saturated rings. The van der Waals surface area contributed by atoms with Gasteiger partial charge in [0.15, 0.2) is 11.5 Å². The van der Waals surface area contributed by atoms with E-state index in [9.17, 15) is 0 Å². The first-order chi connectivity index (χ1) is 10.2. The van der Waals surface area contributed by atoms with Gasteiger partial charge in [-0.1, -0.05) is 12.1 Å². The van der Waals surface area contributed by atoms with Crippen molar-refractivity contribution in [3.63, 3.8) is 0 Å². The number of para-hydroxylation sites is 2. The normalized spacial score (nSPS) is 11.3. The predicted molar refractivity (Wildman–Crippen MR) is 80.5 cm³/mol. The Bertz CT molecular complexity index is 620. The Morgan fingerprint density at radius 2 is 2.00 bits per heavy atom. The Labute approximate surface area is 124 Å². The second kappa shape index (κ2) is 7.15. The van der Waals surface area contributed by atoms with Crippen molar-refractivity contribution < 1.29 is 9.47 Å². The van der Waals surface area contributed by atoms with Crippen molar-refractivity contribution in [2.75, 3.05) is 19.0 Å². The summed E-state index contributed by atoms with van der Waals surface area (Å²) in [7, 11) is 1.62. The summed E-state index contributed by atoms with van der Waals surface area (Å²) in [6.07, 6.45) is 1.59. The number of anilines is 1. The van der Waals surface area contributed by atoms with Gasteiger partial charge in [-0.15, -0.1) is 0 Å². The monoisotopic (exact) mass is 283 g/mol. The zero-order valence-corrected chi connectivity index (χ0v) is 12.0. The summed E-state index contributed by atoms with van der Waals surface area (Å²) in [4.78, 5) is 4.00. The summed E-state index contributed by atoms with van der Waals surface area (Å²) in [6, 6.07) is 13.0. The van der Waals surface area contributed by atoms with Gasteiger partial charge < -0.3 is 14.8 Å². The third-order valence-corrected chi connectivity index (χ3v) is 2.87. The lowest BCUT2D eigenvalue weighted by Gasteiger charge is -2.17. The van der Waals surface area contributed by atoms with Gasteiger partial charge in [0.1, 0.15) is 17.9 Å². The summed E-state index contributed by atoms with van der Waals surface area (Å²) in [5.41, 5.74) is 1.25. The number of nitrogens with zero attached hydrogens (tertiary/aromatic N) is 2. The van der Waals surface area contributed by atoms with Gasteiger partial charge in [0.05, 0.1) is 25.5 Å². The fourth-order valence-electron chi connectivity index (χ4n) is 1.80. The van der Waals surface area contributed by atoms with Crippen molar-refractivity contribution in [2.45, 2.75) is 13.0 Å². The van der Waals surface area contributed by atoms with Gasteiger partial charge in [0.25, 0.3) is 0 Å². The zero-order chi connectivity index (χ0) is 15.1. The van der Waals surface area contributed by atoms with Gasteiger partial charge in [0, 0.05) is 0 Å². The molecule has 108 valence electrons. The zero-order valence-electron chi connectivity index (χ0n) is 12.0. The summed E-state index contributed by atoms with van der Waals surface area (Å²) in [6.45, 7) is 2.59. The highest BCUT2D eigenvalue weighted by molar-refractivity contribution is 5.43. The summed E-state index contributed by atoms with van der Waals surface area (Å²) < 4.78 is 11.1. The van der Waals surface area contributed by atoms with Crippen LogP contribution < -0.4 is 14.8 Å². The van der Waals surface area contributed by atoms with Gasteiger partial charge in [-0.25, -0.2) is 4.98 Å². The SMILES string of the molecule is COc1ccccc1O[C@@H](C)CNc1ccc(C#N)nc1. The Morgan fingerprint density at radius 1 is 1.24 bits per heavy atom. The molecule has 0 bridgehead atoms. The minimum absolute atomic E-state index is 0.0445. The molecule has 0 saturated heterocycles. The molecule has 5 nitrogen and oxygen atoms in total. The van der Waals surface area contributed by atoms with Crippen LogP contribution in [-0.2, 0) is 0 Å². The Morgan fingerprint density at radius 3 is 2.62 bits per heavy atom. The van der Waals surface area contributed by atoms with Crippen LogP contribution in [0.15, 0.2) is 42.6 Å². The number of hydrogen-bond donors (Lipinski definition) is 1. The molecule has 1 N–H and O–H groups in total. The van der Waals surface area contributed by atoms with Crippen LogP contribution in [0.4, 0.5) is 5.69 Å². The third-order valence-electron chi connectivity index (χ3n) is 2.87. The minimum Gasteiger partial charge on any atom is -0.493 e. The molecule has 0 saturated carbocycles. The smallest absolute Gasteiger partial charge is 0.161 e. The van der Waals surface area contributed by atoms with E-state index in [4.69, 9.17) is 14.7 Å². The van der Waals surface area contributed by atoms with Crippen molar-refractivity contribution in [3.05, 3.63) is 48.3 Å². The minimum atomic E-state index is -0.0445. The number of hydrogen-bond acceptors (Lipinski definition) is 5. The van der Waals surface area contributed by atoms with Crippen LogP contribution >= 0.6 is 0 Å². The van der Waals surface area contributed by atoms with Gasteiger partial charge in [0.2, 0.25) is 0 Å². The molecule has 0 aliphatic rings. The Kier molecular flexibility index (Phi) is 4.99. The third kappa shape index (κ3) is 4.11. The van der Waals surface area contributed by atoms with E-state index in [1.54, 1.807) is 19.4 Å². The molecular weight excluding hydrogens is 266 g/mol. The molecule has 2 rings (SSSR count). The van der Waals surface area contributed by atoms with Crippen LogP contribution in [0.1, 0.15) is 12.6 Å². The number of nitrogens with one attached hydrogen (secondary N) is 1. The van der Waals surface area contributed by atoms with E-state index >= 15 is 0 Å². The summed E-state index contributed by atoms with van der Waals surface area (Å²) in [5.74, 6) is 1.43. The largest absolute Gasteiger partial charge is 0.493 e. The van der Waals surface area contributed by atoms with Crippen LogP contribution in [0.5, 0.6) is 11.5 Å². The first-order valence-electron chi connectivity index (χ1n) is 6.62. The maximum Gasteiger partial charge on any atom is 0.161 e. The number of ether oxygens (including phenoxy) is 2. The van der Waals surface area contributed by atoms with Crippen molar-refractivity contribution in [1.29, 1.82) is 5.26 Å². The van der Waals surface area contributed by atoms with E-state index in [0.717, 1.165) is 5.69 Å². The van der Waals surface area contributed by atoms with Crippen LogP contribution in [0.2, 0.25) is 0 Å². The first-order valence-corrected chi connectivity index (χ1v) is 6.62. The van der Waals surface area contributed by atoms with E-state index in [1.807, 2.05) is 43.3 Å². The van der Waals surface area contributed by atoms with Crippen molar-refractivity contribution in [1.82, 2.24) is 4.98 Å². The van der Waals surface area contributed by atoms with Crippen LogP contribution in [0.25, 0.3) is 0 Å². The molecule has 0 spiro atoms. The number of pyridine rings is 1. The predicted octanol–water partition coefficient (Wildman–Crippen LogP) is 2.84. The number of aromatic nitrogens is 1. The summed E-state index contributed by atoms with van der Waals surface area (Å²) >= 11 is 0. The van der Waals surface area contributed by atoms with Crippen molar-refractivity contribution >= 4 is 5.69 Å². The molecule has 1 heterocycles. The number of nitriles is 1. The molecule has 1 atom stereocenters. The molecule has 0 aliphatic carbocycles. The average Bonchev–Trinajstić information content (AvgIpc) is 2.54. The average molecular weight is 283 g/mol. The maximum absolute atomic E-state index is 8.70. The van der Waals surface area contributed by atoms with Crippen molar-refractivity contribution in [3.8, 4) is 17.6 Å². The summed E-state index contributed by atoms with van der Waals surface area (Å²) in [5, 5.41) is 11.9. The molecule has 1 aromatic heterocycles. The maximum atomic E-state index is 8.70. The van der Waals surface area contributed by atoms with Gasteiger partial charge in [-0.05, 0) is 31.2 Å². The number of benzene rings is 1. The molecule has 21 heavy (non-hydrogen) atoms. The van der Waals surface area contributed by atoms with E-state index in [-0.39, 0.29) is 6.10 Å². The molecule has 1 aromatic carbocycles. The molecule has 0 aliphatic heterocycles. The molecule has 5 heteroatoms. The second-order valence-electron chi connectivity index (χ2n) is 4.50. The van der Waals surface area contributed by atoms with E-state index in [2.05, 4.69) is 10.3 Å². The highest BCUT2D eigenvalue weighted by Crippen LogP contribution is 2.26. The van der Waals surface area contributed by atoms with E-state index < -0.39 is 0 Å². The number of rotatable bonds is 6. The number of methoxy groups -OCH3 is 1. The molecule has 0 amide bonds.